The van der Waals surface area contributed by atoms with Crippen LogP contribution in [0.4, 0.5) is 0 Å². The third-order valence-electron chi connectivity index (χ3n) is 4.96. The van der Waals surface area contributed by atoms with Crippen LogP contribution in [0.25, 0.3) is 5.76 Å². The molecule has 0 radical (unpaired) electrons. The summed E-state index contributed by atoms with van der Waals surface area (Å²) in [5, 5.41) is 0. The van der Waals surface area contributed by atoms with E-state index in [0.717, 1.165) is 30.3 Å². The fourth-order valence-corrected chi connectivity index (χ4v) is 5.56. The maximum atomic E-state index is 6.73. The molecule has 0 unspecified atom stereocenters. The first kappa shape index (κ1) is 18.5. The summed E-state index contributed by atoms with van der Waals surface area (Å²) in [6.07, 6.45) is 3.18. The van der Waals surface area contributed by atoms with E-state index in [1.807, 2.05) is 0 Å². The number of hydrogen-bond donors (Lipinski definition) is 0. The fourth-order valence-electron chi connectivity index (χ4n) is 2.96. The van der Waals surface area contributed by atoms with Crippen LogP contribution in [-0.4, -0.2) is 8.32 Å². The molecule has 2 aromatic carbocycles. The summed E-state index contributed by atoms with van der Waals surface area (Å²) in [5.41, 5.74) is 3.80. The lowest BCUT2D eigenvalue weighted by Crippen LogP contribution is -2.35. The summed E-state index contributed by atoms with van der Waals surface area (Å²) in [4.78, 5) is 0. The Hall–Kier alpha value is -1.80. The lowest BCUT2D eigenvalue weighted by atomic mass is 10.1. The van der Waals surface area contributed by atoms with Crippen molar-refractivity contribution in [2.24, 2.45) is 0 Å². The maximum Gasteiger partial charge on any atom is 0.250 e. The molecular formula is C22H30OSi. The van der Waals surface area contributed by atoms with Crippen LogP contribution >= 0.6 is 0 Å². The molecule has 128 valence electrons. The molecule has 0 amide bonds. The molecule has 0 aliphatic carbocycles. The van der Waals surface area contributed by atoms with Gasteiger partial charge >= 0.3 is 0 Å². The zero-order valence-corrected chi connectivity index (χ0v) is 16.5. The zero-order valence-electron chi connectivity index (χ0n) is 15.5. The van der Waals surface area contributed by atoms with Gasteiger partial charge in [0.2, 0.25) is 8.32 Å². The van der Waals surface area contributed by atoms with Gasteiger partial charge in [-0.15, -0.1) is 0 Å². The van der Waals surface area contributed by atoms with E-state index in [1.54, 1.807) is 0 Å². The molecule has 0 saturated heterocycles. The van der Waals surface area contributed by atoms with Crippen molar-refractivity contribution in [1.82, 2.24) is 0 Å². The molecule has 2 rings (SSSR count). The minimum Gasteiger partial charge on any atom is -0.543 e. The van der Waals surface area contributed by atoms with Crippen molar-refractivity contribution in [3.8, 4) is 0 Å². The summed E-state index contributed by atoms with van der Waals surface area (Å²) in [6.45, 7) is 8.97. The SMILES string of the molecule is CC[Si](CC)(CC)O/C(=C\Cc1ccccc1)c1ccc(C)cc1. The molecule has 0 spiro atoms. The second kappa shape index (κ2) is 8.88. The highest BCUT2D eigenvalue weighted by Gasteiger charge is 2.31. The Balaban J connectivity index is 2.32. The molecule has 0 aliphatic rings. The predicted molar refractivity (Wildman–Crippen MR) is 108 cm³/mol. The summed E-state index contributed by atoms with van der Waals surface area (Å²) < 4.78 is 6.73. The molecule has 2 aromatic rings. The van der Waals surface area contributed by atoms with Gasteiger partial charge in [-0.2, -0.15) is 0 Å². The summed E-state index contributed by atoms with van der Waals surface area (Å²) in [7, 11) is -1.68. The Morgan fingerprint density at radius 2 is 1.46 bits per heavy atom. The average Bonchev–Trinajstić information content (AvgIpc) is 2.64. The minimum atomic E-state index is -1.68. The molecule has 24 heavy (non-hydrogen) atoms. The molecule has 1 nitrogen and oxygen atoms in total. The molecule has 0 saturated carbocycles. The molecule has 0 aromatic heterocycles. The van der Waals surface area contributed by atoms with Crippen molar-refractivity contribution in [1.29, 1.82) is 0 Å². The summed E-state index contributed by atoms with van der Waals surface area (Å²) in [5.74, 6) is 1.07. The van der Waals surface area contributed by atoms with Gasteiger partial charge < -0.3 is 4.43 Å². The van der Waals surface area contributed by atoms with Crippen molar-refractivity contribution < 1.29 is 4.43 Å². The molecule has 0 bridgehead atoms. The van der Waals surface area contributed by atoms with Gasteiger partial charge in [-0.3, -0.25) is 0 Å². The Morgan fingerprint density at radius 3 is 2.00 bits per heavy atom. The molecule has 0 N–H and O–H groups in total. The van der Waals surface area contributed by atoms with Crippen LogP contribution in [0, 0.1) is 6.92 Å². The molecule has 0 heterocycles. The average molecular weight is 339 g/mol. The van der Waals surface area contributed by atoms with E-state index in [4.69, 9.17) is 4.43 Å². The highest BCUT2D eigenvalue weighted by atomic mass is 28.4. The number of aryl methyl sites for hydroxylation is 1. The highest BCUT2D eigenvalue weighted by molar-refractivity contribution is 6.74. The second-order valence-corrected chi connectivity index (χ2v) is 11.2. The number of allylic oxidation sites excluding steroid dienone is 1. The molecular weight excluding hydrogens is 308 g/mol. The van der Waals surface area contributed by atoms with E-state index >= 15 is 0 Å². The Kier molecular flexibility index (Phi) is 6.86. The topological polar surface area (TPSA) is 9.23 Å². The quantitative estimate of drug-likeness (QED) is 0.389. The van der Waals surface area contributed by atoms with Gasteiger partial charge in [0.25, 0.3) is 0 Å². The van der Waals surface area contributed by atoms with Gasteiger partial charge in [0.15, 0.2) is 0 Å². The van der Waals surface area contributed by atoms with Gasteiger partial charge in [0.05, 0.1) is 0 Å². The van der Waals surface area contributed by atoms with E-state index in [9.17, 15) is 0 Å². The van der Waals surface area contributed by atoms with Crippen molar-refractivity contribution in [3.05, 3.63) is 77.4 Å². The van der Waals surface area contributed by atoms with E-state index in [2.05, 4.69) is 88.4 Å². The Morgan fingerprint density at radius 1 is 0.875 bits per heavy atom. The smallest absolute Gasteiger partial charge is 0.250 e. The van der Waals surface area contributed by atoms with Crippen LogP contribution in [0.3, 0.4) is 0 Å². The van der Waals surface area contributed by atoms with Crippen LogP contribution in [-0.2, 0) is 10.8 Å². The monoisotopic (exact) mass is 338 g/mol. The highest BCUT2D eigenvalue weighted by Crippen LogP contribution is 2.29. The standard InChI is InChI=1S/C22H30OSi/c1-5-24(6-2,7-3)23-22(21-16-13-19(4)14-17-21)18-15-20-11-9-8-10-12-20/h8-14,16-18H,5-7,15H2,1-4H3/b22-18-. The minimum absolute atomic E-state index is 0.908. The predicted octanol–water partition coefficient (Wildman–Crippen LogP) is 6.60. The first-order valence-corrected chi connectivity index (χ1v) is 11.7. The van der Waals surface area contributed by atoms with Crippen LogP contribution in [0.15, 0.2) is 60.7 Å². The Bertz CT molecular complexity index is 631. The van der Waals surface area contributed by atoms with Crippen LogP contribution in [0.2, 0.25) is 18.1 Å². The lowest BCUT2D eigenvalue weighted by Gasteiger charge is -2.30. The Labute approximate surface area is 148 Å². The van der Waals surface area contributed by atoms with E-state index in [-0.39, 0.29) is 0 Å². The van der Waals surface area contributed by atoms with E-state index < -0.39 is 8.32 Å². The van der Waals surface area contributed by atoms with Crippen LogP contribution in [0.5, 0.6) is 0 Å². The maximum absolute atomic E-state index is 6.73. The van der Waals surface area contributed by atoms with Gasteiger partial charge in [-0.1, -0.05) is 80.9 Å². The summed E-state index contributed by atoms with van der Waals surface area (Å²) >= 11 is 0. The van der Waals surface area contributed by atoms with Crippen molar-refractivity contribution in [3.63, 3.8) is 0 Å². The summed E-state index contributed by atoms with van der Waals surface area (Å²) in [6, 6.07) is 22.8. The van der Waals surface area contributed by atoms with Gasteiger partial charge in [0.1, 0.15) is 5.76 Å². The molecule has 0 atom stereocenters. The second-order valence-electron chi connectivity index (χ2n) is 6.47. The number of rotatable bonds is 8. The van der Waals surface area contributed by atoms with Crippen LogP contribution < -0.4 is 0 Å². The van der Waals surface area contributed by atoms with E-state index in [1.165, 1.54) is 16.7 Å². The fraction of sp³-hybridized carbons (Fsp3) is 0.364. The van der Waals surface area contributed by atoms with Crippen molar-refractivity contribution in [2.75, 3.05) is 0 Å². The normalized spacial score (nSPS) is 12.2. The van der Waals surface area contributed by atoms with Crippen molar-refractivity contribution >= 4 is 14.1 Å². The first-order chi connectivity index (χ1) is 11.6. The largest absolute Gasteiger partial charge is 0.543 e. The number of hydrogen-bond acceptors (Lipinski definition) is 1. The number of benzene rings is 2. The third kappa shape index (κ3) is 4.84. The van der Waals surface area contributed by atoms with Crippen LogP contribution in [0.1, 0.15) is 37.5 Å². The molecule has 0 fully saturated rings. The first-order valence-electron chi connectivity index (χ1n) is 9.12. The van der Waals surface area contributed by atoms with Gasteiger partial charge in [-0.25, -0.2) is 0 Å². The molecule has 2 heteroatoms. The molecule has 0 aliphatic heterocycles. The van der Waals surface area contributed by atoms with Gasteiger partial charge in [0, 0.05) is 5.56 Å². The lowest BCUT2D eigenvalue weighted by molar-refractivity contribution is 0.489. The van der Waals surface area contributed by atoms with E-state index in [0.29, 0.717) is 0 Å². The third-order valence-corrected chi connectivity index (χ3v) is 9.48. The van der Waals surface area contributed by atoms with Gasteiger partial charge in [-0.05, 0) is 43.1 Å². The van der Waals surface area contributed by atoms with Crippen molar-refractivity contribution in [2.45, 2.75) is 52.2 Å². The zero-order chi connectivity index (χ0) is 17.4.